The molecule has 3 nitrogen and oxygen atoms in total. The summed E-state index contributed by atoms with van der Waals surface area (Å²) in [4.78, 5) is 5.33. The van der Waals surface area contributed by atoms with Crippen LogP contribution in [0.1, 0.15) is 33.6 Å². The Bertz CT molecular complexity index is 226. The summed E-state index contributed by atoms with van der Waals surface area (Å²) in [5.74, 6) is 0.881. The maximum absolute atomic E-state index is 3.53. The molecule has 2 heterocycles. The van der Waals surface area contributed by atoms with Crippen LogP contribution in [-0.4, -0.2) is 61.2 Å². The van der Waals surface area contributed by atoms with Gasteiger partial charge in [-0.05, 0) is 52.2 Å². The lowest BCUT2D eigenvalue weighted by molar-refractivity contribution is 0.0336. The Hall–Kier alpha value is -0.120. The number of piperazine rings is 1. The second kappa shape index (κ2) is 6.17. The van der Waals surface area contributed by atoms with E-state index in [1.165, 1.54) is 52.1 Å². The Labute approximate surface area is 107 Å². The zero-order valence-electron chi connectivity index (χ0n) is 11.8. The second-order valence-electron chi connectivity index (χ2n) is 5.95. The van der Waals surface area contributed by atoms with Crippen molar-refractivity contribution in [3.05, 3.63) is 0 Å². The number of hydrogen-bond donors (Lipinski definition) is 1. The van der Waals surface area contributed by atoms with Crippen molar-refractivity contribution in [2.75, 3.05) is 39.3 Å². The fourth-order valence-corrected chi connectivity index (χ4v) is 3.38. The Morgan fingerprint density at radius 3 is 2.47 bits per heavy atom. The number of likely N-dealkylation sites (N-methyl/N-ethyl adjacent to an activating group) is 1. The van der Waals surface area contributed by atoms with E-state index in [2.05, 4.69) is 35.9 Å². The first-order valence-electron chi connectivity index (χ1n) is 7.39. The summed E-state index contributed by atoms with van der Waals surface area (Å²) in [5, 5.41) is 3.53. The van der Waals surface area contributed by atoms with Gasteiger partial charge in [-0.15, -0.1) is 0 Å². The van der Waals surface area contributed by atoms with Crippen molar-refractivity contribution >= 4 is 0 Å². The van der Waals surface area contributed by atoms with Crippen LogP contribution in [0.25, 0.3) is 0 Å². The molecule has 0 radical (unpaired) electrons. The third kappa shape index (κ3) is 3.43. The van der Waals surface area contributed by atoms with Crippen LogP contribution in [0.2, 0.25) is 0 Å². The van der Waals surface area contributed by atoms with Gasteiger partial charge in [-0.2, -0.15) is 0 Å². The van der Waals surface area contributed by atoms with Gasteiger partial charge in [0.2, 0.25) is 0 Å². The Morgan fingerprint density at radius 2 is 1.82 bits per heavy atom. The van der Waals surface area contributed by atoms with Crippen LogP contribution in [0.5, 0.6) is 0 Å². The summed E-state index contributed by atoms with van der Waals surface area (Å²) in [5.41, 5.74) is 0. The molecule has 3 atom stereocenters. The molecule has 0 aromatic heterocycles. The van der Waals surface area contributed by atoms with Gasteiger partial charge in [0.1, 0.15) is 0 Å². The molecule has 0 aromatic carbocycles. The maximum atomic E-state index is 3.53. The normalized spacial score (nSPS) is 37.2. The van der Waals surface area contributed by atoms with Gasteiger partial charge in [0.15, 0.2) is 0 Å². The fourth-order valence-electron chi connectivity index (χ4n) is 3.38. The van der Waals surface area contributed by atoms with Crippen molar-refractivity contribution in [3.8, 4) is 0 Å². The molecule has 2 aliphatic heterocycles. The molecule has 0 saturated carbocycles. The highest BCUT2D eigenvalue weighted by Crippen LogP contribution is 2.19. The van der Waals surface area contributed by atoms with E-state index in [9.17, 15) is 0 Å². The highest BCUT2D eigenvalue weighted by atomic mass is 15.3. The van der Waals surface area contributed by atoms with Crippen molar-refractivity contribution in [2.45, 2.75) is 45.7 Å². The zero-order chi connectivity index (χ0) is 12.3. The predicted octanol–water partition coefficient (Wildman–Crippen LogP) is 1.40. The summed E-state index contributed by atoms with van der Waals surface area (Å²) >= 11 is 0. The third-order valence-electron chi connectivity index (χ3n) is 4.54. The van der Waals surface area contributed by atoms with Gasteiger partial charge in [-0.25, -0.2) is 0 Å². The molecule has 100 valence electrons. The fraction of sp³-hybridized carbons (Fsp3) is 1.00. The summed E-state index contributed by atoms with van der Waals surface area (Å²) in [6.07, 6.45) is 2.78. The van der Waals surface area contributed by atoms with E-state index in [1.54, 1.807) is 0 Å². The Balaban J connectivity index is 1.83. The SMILES string of the molecule is CCN1CC(C)N(CC2CCCNC2)CC1C. The highest BCUT2D eigenvalue weighted by molar-refractivity contribution is 4.86. The minimum absolute atomic E-state index is 0.729. The van der Waals surface area contributed by atoms with Crippen molar-refractivity contribution in [1.29, 1.82) is 0 Å². The molecule has 0 aliphatic carbocycles. The molecular formula is C14H29N3. The minimum atomic E-state index is 0.729. The molecule has 3 unspecified atom stereocenters. The zero-order valence-corrected chi connectivity index (χ0v) is 11.8. The van der Waals surface area contributed by atoms with E-state index in [-0.39, 0.29) is 0 Å². The molecule has 3 heteroatoms. The van der Waals surface area contributed by atoms with Crippen molar-refractivity contribution in [3.63, 3.8) is 0 Å². The maximum Gasteiger partial charge on any atom is 0.0195 e. The van der Waals surface area contributed by atoms with Crippen LogP contribution >= 0.6 is 0 Å². The predicted molar refractivity (Wildman–Crippen MR) is 73.3 cm³/mol. The van der Waals surface area contributed by atoms with E-state index in [4.69, 9.17) is 0 Å². The molecule has 2 fully saturated rings. The van der Waals surface area contributed by atoms with Crippen molar-refractivity contribution in [1.82, 2.24) is 15.1 Å². The summed E-state index contributed by atoms with van der Waals surface area (Å²) < 4.78 is 0. The average molecular weight is 239 g/mol. The minimum Gasteiger partial charge on any atom is -0.316 e. The van der Waals surface area contributed by atoms with E-state index in [0.717, 1.165) is 18.0 Å². The molecule has 2 aliphatic rings. The number of rotatable bonds is 3. The largest absolute Gasteiger partial charge is 0.316 e. The first-order chi connectivity index (χ1) is 8.20. The van der Waals surface area contributed by atoms with Crippen LogP contribution in [0.4, 0.5) is 0 Å². The van der Waals surface area contributed by atoms with Gasteiger partial charge >= 0.3 is 0 Å². The lowest BCUT2D eigenvalue weighted by atomic mass is 9.97. The lowest BCUT2D eigenvalue weighted by Crippen LogP contribution is -2.57. The molecule has 2 saturated heterocycles. The van der Waals surface area contributed by atoms with E-state index >= 15 is 0 Å². The van der Waals surface area contributed by atoms with Crippen molar-refractivity contribution < 1.29 is 0 Å². The molecule has 0 spiro atoms. The molecular weight excluding hydrogens is 210 g/mol. The monoisotopic (exact) mass is 239 g/mol. The van der Waals surface area contributed by atoms with Crippen molar-refractivity contribution in [2.24, 2.45) is 5.92 Å². The number of piperidine rings is 1. The number of nitrogens with zero attached hydrogens (tertiary/aromatic N) is 2. The van der Waals surface area contributed by atoms with Gasteiger partial charge < -0.3 is 5.32 Å². The molecule has 17 heavy (non-hydrogen) atoms. The first-order valence-corrected chi connectivity index (χ1v) is 7.39. The number of nitrogens with one attached hydrogen (secondary N) is 1. The number of hydrogen-bond acceptors (Lipinski definition) is 3. The Morgan fingerprint density at radius 1 is 1.12 bits per heavy atom. The first kappa shape index (κ1) is 13.3. The molecule has 0 aromatic rings. The van der Waals surface area contributed by atoms with E-state index < -0.39 is 0 Å². The standard InChI is InChI=1S/C14H29N3/c1-4-16-9-13(3)17(10-12(16)2)11-14-6-5-7-15-8-14/h12-15H,4-11H2,1-3H3. The van der Waals surface area contributed by atoms with Crippen LogP contribution in [0.15, 0.2) is 0 Å². The van der Waals surface area contributed by atoms with E-state index in [1.807, 2.05) is 0 Å². The van der Waals surface area contributed by atoms with Crippen LogP contribution in [0, 0.1) is 5.92 Å². The third-order valence-corrected chi connectivity index (χ3v) is 4.54. The molecule has 0 amide bonds. The molecule has 0 bridgehead atoms. The quantitative estimate of drug-likeness (QED) is 0.803. The smallest absolute Gasteiger partial charge is 0.0195 e. The topological polar surface area (TPSA) is 18.5 Å². The lowest BCUT2D eigenvalue weighted by Gasteiger charge is -2.45. The van der Waals surface area contributed by atoms with E-state index in [0.29, 0.717) is 0 Å². The summed E-state index contributed by atoms with van der Waals surface area (Å²) in [6, 6.07) is 1.46. The highest BCUT2D eigenvalue weighted by Gasteiger charge is 2.29. The van der Waals surface area contributed by atoms with Gasteiger partial charge in [0.05, 0.1) is 0 Å². The van der Waals surface area contributed by atoms with Crippen LogP contribution in [-0.2, 0) is 0 Å². The van der Waals surface area contributed by atoms with Crippen LogP contribution in [0.3, 0.4) is 0 Å². The van der Waals surface area contributed by atoms with Gasteiger partial charge in [-0.1, -0.05) is 6.92 Å². The van der Waals surface area contributed by atoms with Crippen LogP contribution < -0.4 is 5.32 Å². The van der Waals surface area contributed by atoms with Gasteiger partial charge in [-0.3, -0.25) is 9.80 Å². The Kier molecular flexibility index (Phi) is 4.83. The summed E-state index contributed by atoms with van der Waals surface area (Å²) in [7, 11) is 0. The van der Waals surface area contributed by atoms with Gasteiger partial charge in [0, 0.05) is 31.7 Å². The molecule has 2 rings (SSSR count). The summed E-state index contributed by atoms with van der Waals surface area (Å²) in [6.45, 7) is 14.5. The second-order valence-corrected chi connectivity index (χ2v) is 5.95. The molecule has 1 N–H and O–H groups in total. The van der Waals surface area contributed by atoms with Gasteiger partial charge in [0.25, 0.3) is 0 Å². The average Bonchev–Trinajstić information content (AvgIpc) is 2.34.